The third-order valence-electron chi connectivity index (χ3n) is 4.44. The lowest BCUT2D eigenvalue weighted by Crippen LogP contribution is -2.57. The summed E-state index contributed by atoms with van der Waals surface area (Å²) in [4.78, 5) is 26.2. The van der Waals surface area contributed by atoms with E-state index in [1.165, 1.54) is 25.9 Å². The molecule has 0 spiro atoms. The van der Waals surface area contributed by atoms with Crippen LogP contribution in [0.5, 0.6) is 0 Å². The lowest BCUT2D eigenvalue weighted by molar-refractivity contribution is 0.0615. The highest BCUT2D eigenvalue weighted by Crippen LogP contribution is 2.27. The van der Waals surface area contributed by atoms with Crippen LogP contribution in [0.25, 0.3) is 11.2 Å². The Morgan fingerprint density at radius 2 is 2.19 bits per heavy atom. The number of amides is 1. The van der Waals surface area contributed by atoms with Crippen LogP contribution in [-0.4, -0.2) is 51.4 Å². The number of aromatic nitrogens is 3. The van der Waals surface area contributed by atoms with Gasteiger partial charge in [-0.05, 0) is 44.0 Å². The molecule has 0 unspecified atom stereocenters. The smallest absolute Gasteiger partial charge is 0.287 e. The van der Waals surface area contributed by atoms with Gasteiger partial charge in [-0.2, -0.15) is 0 Å². The summed E-state index contributed by atoms with van der Waals surface area (Å²) in [6.07, 6.45) is 4.06. The lowest BCUT2D eigenvalue weighted by Gasteiger charge is -2.44. The Kier molecular flexibility index (Phi) is 3.82. The van der Waals surface area contributed by atoms with E-state index in [0.717, 1.165) is 12.1 Å². The van der Waals surface area contributed by atoms with E-state index in [2.05, 4.69) is 25.2 Å². The minimum atomic E-state index is -0.123. The highest BCUT2D eigenvalue weighted by molar-refractivity contribution is 5.93. The van der Waals surface area contributed by atoms with Gasteiger partial charge in [0.2, 0.25) is 0 Å². The Morgan fingerprint density at radius 3 is 2.86 bits per heavy atom. The molecule has 5 rings (SSSR count). The van der Waals surface area contributed by atoms with E-state index < -0.39 is 0 Å². The molecule has 0 radical (unpaired) electrons. The van der Waals surface area contributed by atoms with Crippen molar-refractivity contribution in [1.29, 1.82) is 0 Å². The summed E-state index contributed by atoms with van der Waals surface area (Å²) >= 11 is 0. The van der Waals surface area contributed by atoms with Crippen molar-refractivity contribution in [3.05, 3.63) is 24.2 Å². The zero-order chi connectivity index (χ0) is 13.5. The molecule has 112 valence electrons. The second-order valence-corrected chi connectivity index (χ2v) is 5.67. The molecule has 6 nitrogen and oxygen atoms in total. The van der Waals surface area contributed by atoms with Crippen molar-refractivity contribution in [2.24, 2.45) is 5.92 Å². The number of carbonyl (C=O) groups excluding carboxylic acids is 1. The number of fused-ring (bicyclic) bond motifs is 4. The van der Waals surface area contributed by atoms with E-state index in [0.29, 0.717) is 17.4 Å². The van der Waals surface area contributed by atoms with Gasteiger partial charge in [0, 0.05) is 18.8 Å². The Hall–Kier alpha value is -1.66. The number of piperidine rings is 3. The van der Waals surface area contributed by atoms with E-state index >= 15 is 0 Å². The van der Waals surface area contributed by atoms with Gasteiger partial charge >= 0.3 is 0 Å². The van der Waals surface area contributed by atoms with E-state index in [4.69, 9.17) is 0 Å². The van der Waals surface area contributed by atoms with Crippen LogP contribution in [0.4, 0.5) is 0 Å². The minimum Gasteiger partial charge on any atom is -0.345 e. The first-order chi connectivity index (χ1) is 9.79. The molecular formula is C14H18ClN5O. The van der Waals surface area contributed by atoms with Crippen molar-refractivity contribution in [3.8, 4) is 0 Å². The maximum absolute atomic E-state index is 12.3. The van der Waals surface area contributed by atoms with Crippen molar-refractivity contribution < 1.29 is 4.79 Å². The average Bonchev–Trinajstić information content (AvgIpc) is 2.92. The maximum atomic E-state index is 12.3. The Morgan fingerprint density at radius 1 is 1.38 bits per heavy atom. The van der Waals surface area contributed by atoms with Crippen molar-refractivity contribution in [3.63, 3.8) is 0 Å². The highest BCUT2D eigenvalue weighted by Gasteiger charge is 2.35. The average molecular weight is 308 g/mol. The molecule has 1 amide bonds. The molecule has 5 heterocycles. The summed E-state index contributed by atoms with van der Waals surface area (Å²) in [6.45, 7) is 3.31. The Bertz CT molecular complexity index is 617. The number of aromatic amines is 1. The maximum Gasteiger partial charge on any atom is 0.287 e. The molecule has 0 saturated carbocycles. The van der Waals surface area contributed by atoms with Crippen molar-refractivity contribution in [2.75, 3.05) is 19.6 Å². The summed E-state index contributed by atoms with van der Waals surface area (Å²) in [5, 5.41) is 3.13. The number of rotatable bonds is 2. The monoisotopic (exact) mass is 307 g/mol. The molecule has 2 bridgehead atoms. The second-order valence-electron chi connectivity index (χ2n) is 5.67. The first-order valence-corrected chi connectivity index (χ1v) is 7.13. The molecule has 3 fully saturated rings. The van der Waals surface area contributed by atoms with Crippen LogP contribution < -0.4 is 5.32 Å². The van der Waals surface area contributed by atoms with E-state index in [9.17, 15) is 4.79 Å². The zero-order valence-electron chi connectivity index (χ0n) is 11.6. The molecule has 7 heteroatoms. The number of nitrogens with one attached hydrogen (secondary N) is 2. The fourth-order valence-electron chi connectivity index (χ4n) is 3.32. The molecule has 2 N–H and O–H groups in total. The first-order valence-electron chi connectivity index (χ1n) is 7.13. The van der Waals surface area contributed by atoms with Crippen LogP contribution in [0.1, 0.15) is 23.5 Å². The molecule has 3 aliphatic heterocycles. The van der Waals surface area contributed by atoms with Gasteiger partial charge in [0.25, 0.3) is 5.91 Å². The summed E-state index contributed by atoms with van der Waals surface area (Å²) in [5.41, 5.74) is 1.39. The van der Waals surface area contributed by atoms with Gasteiger partial charge in [0.05, 0.1) is 0 Å². The molecule has 21 heavy (non-hydrogen) atoms. The number of nitrogens with zero attached hydrogens (tertiary/aromatic N) is 3. The number of hydrogen-bond acceptors (Lipinski definition) is 4. The Labute approximate surface area is 128 Å². The summed E-state index contributed by atoms with van der Waals surface area (Å²) in [5.74, 6) is 0.850. The highest BCUT2D eigenvalue weighted by atomic mass is 35.5. The fourth-order valence-corrected chi connectivity index (χ4v) is 3.32. The minimum absolute atomic E-state index is 0. The van der Waals surface area contributed by atoms with Gasteiger partial charge < -0.3 is 15.2 Å². The number of carbonyl (C=O) groups is 1. The van der Waals surface area contributed by atoms with Gasteiger partial charge in [-0.3, -0.25) is 4.79 Å². The van der Waals surface area contributed by atoms with Crippen molar-refractivity contribution in [1.82, 2.24) is 25.2 Å². The number of hydrogen-bond donors (Lipinski definition) is 2. The number of H-pyrrole nitrogens is 1. The summed E-state index contributed by atoms with van der Waals surface area (Å²) in [7, 11) is 0. The van der Waals surface area contributed by atoms with Gasteiger partial charge in [0.1, 0.15) is 5.52 Å². The van der Waals surface area contributed by atoms with Crippen LogP contribution in [0, 0.1) is 5.92 Å². The SMILES string of the molecule is Cl.O=C(N[C@H]1CN2CCC1CC2)c1nc2cccnc2[nH]1. The molecular weight excluding hydrogens is 290 g/mol. The molecule has 1 atom stereocenters. The van der Waals surface area contributed by atoms with Crippen LogP contribution in [-0.2, 0) is 0 Å². The normalized spacial score (nSPS) is 27.3. The molecule has 2 aromatic rings. The fraction of sp³-hybridized carbons (Fsp3) is 0.500. The molecule has 3 aliphatic rings. The predicted molar refractivity (Wildman–Crippen MR) is 81.6 cm³/mol. The quantitative estimate of drug-likeness (QED) is 0.874. The van der Waals surface area contributed by atoms with Crippen molar-refractivity contribution >= 4 is 29.5 Å². The molecule has 3 saturated heterocycles. The molecule has 2 aromatic heterocycles. The number of pyridine rings is 1. The van der Waals surface area contributed by atoms with Crippen molar-refractivity contribution in [2.45, 2.75) is 18.9 Å². The molecule has 0 aromatic carbocycles. The first kappa shape index (κ1) is 14.3. The van der Waals surface area contributed by atoms with Crippen LogP contribution in [0.2, 0.25) is 0 Å². The number of imidazole rings is 1. The van der Waals surface area contributed by atoms with E-state index in [1.54, 1.807) is 6.20 Å². The van der Waals surface area contributed by atoms with Crippen LogP contribution in [0.3, 0.4) is 0 Å². The topological polar surface area (TPSA) is 73.9 Å². The number of halogens is 1. The Balaban J connectivity index is 0.00000132. The van der Waals surface area contributed by atoms with Crippen LogP contribution in [0.15, 0.2) is 18.3 Å². The zero-order valence-corrected chi connectivity index (χ0v) is 12.4. The van der Waals surface area contributed by atoms with E-state index in [-0.39, 0.29) is 24.4 Å². The lowest BCUT2D eigenvalue weighted by atomic mass is 9.84. The summed E-state index contributed by atoms with van der Waals surface area (Å²) < 4.78 is 0. The second kappa shape index (κ2) is 5.61. The van der Waals surface area contributed by atoms with E-state index in [1.807, 2.05) is 12.1 Å². The summed E-state index contributed by atoms with van der Waals surface area (Å²) in [6, 6.07) is 3.92. The third-order valence-corrected chi connectivity index (χ3v) is 4.44. The standard InChI is InChI=1S/C14H17N5O.ClH/c20-14(13-16-10-2-1-5-15-12(10)18-13)17-11-8-19-6-3-9(11)4-7-19;/h1-2,5,9,11H,3-4,6-8H2,(H,17,20)(H,15,16,18);1H/t11-;/m0./s1. The predicted octanol–water partition coefficient (Wildman–Crippen LogP) is 1.20. The van der Waals surface area contributed by atoms with Crippen LogP contribution >= 0.6 is 12.4 Å². The third kappa shape index (κ3) is 2.61. The van der Waals surface area contributed by atoms with Gasteiger partial charge in [-0.1, -0.05) is 0 Å². The molecule has 0 aliphatic carbocycles. The van der Waals surface area contributed by atoms with Gasteiger partial charge in [0.15, 0.2) is 11.5 Å². The van der Waals surface area contributed by atoms with Gasteiger partial charge in [-0.15, -0.1) is 12.4 Å². The van der Waals surface area contributed by atoms with Gasteiger partial charge in [-0.25, -0.2) is 9.97 Å². The largest absolute Gasteiger partial charge is 0.345 e.